The maximum atomic E-state index is 10.6. The van der Waals surface area contributed by atoms with Crippen LogP contribution in [-0.4, -0.2) is 22.3 Å². The molecule has 0 unspecified atom stereocenters. The molecule has 0 aliphatic heterocycles. The molecule has 3 nitrogen and oxygen atoms in total. The van der Waals surface area contributed by atoms with Gasteiger partial charge in [0.05, 0.1) is 12.1 Å². The zero-order valence-electron chi connectivity index (χ0n) is 9.92. The first-order valence-corrected chi connectivity index (χ1v) is 7.71. The third-order valence-corrected chi connectivity index (χ3v) is 3.93. The van der Waals surface area contributed by atoms with Crippen LogP contribution in [0.2, 0.25) is 0 Å². The van der Waals surface area contributed by atoms with Crippen molar-refractivity contribution in [2.45, 2.75) is 12.2 Å². The van der Waals surface area contributed by atoms with Gasteiger partial charge in [-0.15, -0.1) is 11.3 Å². The summed E-state index contributed by atoms with van der Waals surface area (Å²) in [7, 11) is 0. The van der Waals surface area contributed by atoms with Crippen LogP contribution in [0.1, 0.15) is 11.3 Å². The van der Waals surface area contributed by atoms with E-state index in [0.717, 1.165) is 16.3 Å². The van der Waals surface area contributed by atoms with Crippen molar-refractivity contribution >= 4 is 29.1 Å². The van der Waals surface area contributed by atoms with Gasteiger partial charge in [0.25, 0.3) is 0 Å². The predicted molar refractivity (Wildman–Crippen MR) is 76.1 cm³/mol. The molecule has 0 saturated carbocycles. The summed E-state index contributed by atoms with van der Waals surface area (Å²) >= 11 is 3.27. The summed E-state index contributed by atoms with van der Waals surface area (Å²) < 4.78 is 0. The van der Waals surface area contributed by atoms with E-state index in [0.29, 0.717) is 5.69 Å². The Morgan fingerprint density at radius 2 is 2.33 bits per heavy atom. The minimum atomic E-state index is -0.844. The van der Waals surface area contributed by atoms with Crippen LogP contribution >= 0.6 is 23.1 Å². The number of carboxylic acid groups (broad SMARTS) is 1. The fourth-order valence-electron chi connectivity index (χ4n) is 1.64. The number of carboxylic acids is 1. The van der Waals surface area contributed by atoms with Gasteiger partial charge < -0.3 is 5.11 Å². The second-order valence-corrected chi connectivity index (χ2v) is 5.57. The summed E-state index contributed by atoms with van der Waals surface area (Å²) in [6.07, 6.45) is 2.06. The van der Waals surface area contributed by atoms with Crippen molar-refractivity contribution in [3.63, 3.8) is 0 Å². The molecule has 5 heteroatoms. The molecular formula is C13H13NO2S2. The molecule has 0 aliphatic rings. The van der Waals surface area contributed by atoms with Crippen LogP contribution in [0.3, 0.4) is 0 Å². The monoisotopic (exact) mass is 279 g/mol. The predicted octanol–water partition coefficient (Wildman–Crippen LogP) is 3.30. The molecule has 1 heterocycles. The second-order valence-electron chi connectivity index (χ2n) is 3.85. The average molecular weight is 279 g/mol. The molecule has 1 N–H and O–H groups in total. The fourth-order valence-corrected chi connectivity index (χ4v) is 2.97. The van der Waals surface area contributed by atoms with E-state index < -0.39 is 5.97 Å². The molecule has 0 bridgehead atoms. The van der Waals surface area contributed by atoms with E-state index >= 15 is 0 Å². The van der Waals surface area contributed by atoms with Gasteiger partial charge in [0.15, 0.2) is 0 Å². The Balaban J connectivity index is 2.22. The van der Waals surface area contributed by atoms with Gasteiger partial charge in [-0.25, -0.2) is 4.98 Å². The van der Waals surface area contributed by atoms with Crippen LogP contribution in [0.4, 0.5) is 0 Å². The number of rotatable bonds is 5. The zero-order chi connectivity index (χ0) is 13.0. The van der Waals surface area contributed by atoms with E-state index in [4.69, 9.17) is 5.11 Å². The number of thioether (sulfide) groups is 1. The van der Waals surface area contributed by atoms with Gasteiger partial charge in [0.1, 0.15) is 5.01 Å². The van der Waals surface area contributed by atoms with Crippen LogP contribution in [0, 0.1) is 0 Å². The van der Waals surface area contributed by atoms with E-state index in [9.17, 15) is 4.79 Å². The lowest BCUT2D eigenvalue weighted by Gasteiger charge is -2.01. The summed E-state index contributed by atoms with van der Waals surface area (Å²) in [5.41, 5.74) is 2.94. The number of carbonyl (C=O) groups is 1. The minimum Gasteiger partial charge on any atom is -0.481 e. The van der Waals surface area contributed by atoms with E-state index in [1.807, 2.05) is 17.5 Å². The summed E-state index contributed by atoms with van der Waals surface area (Å²) in [5.74, 6) is 0.129. The van der Waals surface area contributed by atoms with Crippen molar-refractivity contribution in [3.05, 3.63) is 40.9 Å². The molecule has 2 aromatic rings. The van der Waals surface area contributed by atoms with Crippen LogP contribution in [-0.2, 0) is 17.0 Å². The first-order valence-electron chi connectivity index (χ1n) is 5.43. The Morgan fingerprint density at radius 3 is 3.06 bits per heavy atom. The van der Waals surface area contributed by atoms with Gasteiger partial charge >= 0.3 is 5.97 Å². The van der Waals surface area contributed by atoms with E-state index in [2.05, 4.69) is 23.4 Å². The van der Waals surface area contributed by atoms with Crippen LogP contribution in [0.25, 0.3) is 10.6 Å². The molecule has 94 valence electrons. The topological polar surface area (TPSA) is 50.2 Å². The molecular weight excluding hydrogens is 266 g/mol. The molecule has 1 aromatic carbocycles. The molecule has 0 saturated heterocycles. The Kier molecular flexibility index (Phi) is 4.38. The van der Waals surface area contributed by atoms with Crippen molar-refractivity contribution in [2.75, 3.05) is 6.26 Å². The van der Waals surface area contributed by atoms with E-state index in [1.54, 1.807) is 11.8 Å². The van der Waals surface area contributed by atoms with Crippen molar-refractivity contribution in [3.8, 4) is 10.6 Å². The summed E-state index contributed by atoms with van der Waals surface area (Å²) in [5, 5.41) is 11.4. The van der Waals surface area contributed by atoms with Crippen molar-refractivity contribution in [1.29, 1.82) is 0 Å². The first kappa shape index (κ1) is 13.1. The molecule has 18 heavy (non-hydrogen) atoms. The van der Waals surface area contributed by atoms with Crippen molar-refractivity contribution < 1.29 is 9.90 Å². The van der Waals surface area contributed by atoms with Gasteiger partial charge in [-0.3, -0.25) is 4.79 Å². The van der Waals surface area contributed by atoms with E-state index in [-0.39, 0.29) is 6.42 Å². The molecule has 0 fully saturated rings. The molecule has 1 aromatic heterocycles. The summed E-state index contributed by atoms with van der Waals surface area (Å²) in [6.45, 7) is 0. The van der Waals surface area contributed by atoms with Crippen LogP contribution < -0.4 is 0 Å². The number of hydrogen-bond acceptors (Lipinski definition) is 4. The quantitative estimate of drug-likeness (QED) is 0.912. The van der Waals surface area contributed by atoms with Gasteiger partial charge in [-0.05, 0) is 17.9 Å². The SMILES string of the molecule is CSCc1cccc(-c2nc(CC(=O)O)cs2)c1. The third-order valence-electron chi connectivity index (χ3n) is 2.37. The molecule has 2 rings (SSSR count). The molecule has 0 amide bonds. The number of aliphatic carboxylic acids is 1. The number of benzene rings is 1. The zero-order valence-corrected chi connectivity index (χ0v) is 11.6. The molecule has 0 spiro atoms. The van der Waals surface area contributed by atoms with Crippen LogP contribution in [0.15, 0.2) is 29.6 Å². The fraction of sp³-hybridized carbons (Fsp3) is 0.231. The maximum absolute atomic E-state index is 10.6. The Hall–Kier alpha value is -1.33. The van der Waals surface area contributed by atoms with Gasteiger partial charge in [0, 0.05) is 16.7 Å². The van der Waals surface area contributed by atoms with Gasteiger partial charge in [-0.2, -0.15) is 11.8 Å². The van der Waals surface area contributed by atoms with Gasteiger partial charge in [-0.1, -0.05) is 18.2 Å². The number of thiazole rings is 1. The Labute approximate surface area is 114 Å². The van der Waals surface area contributed by atoms with E-state index in [1.165, 1.54) is 16.9 Å². The first-order chi connectivity index (χ1) is 8.69. The largest absolute Gasteiger partial charge is 0.481 e. The highest BCUT2D eigenvalue weighted by Crippen LogP contribution is 2.25. The van der Waals surface area contributed by atoms with Crippen molar-refractivity contribution in [2.24, 2.45) is 0 Å². The molecule has 0 radical (unpaired) electrons. The lowest BCUT2D eigenvalue weighted by Crippen LogP contribution is -1.99. The number of aromatic nitrogens is 1. The number of hydrogen-bond donors (Lipinski definition) is 1. The standard InChI is InChI=1S/C13H13NO2S2/c1-17-7-9-3-2-4-10(5-9)13-14-11(8-18-13)6-12(15)16/h2-5,8H,6-7H2,1H3,(H,15,16). The lowest BCUT2D eigenvalue weighted by molar-refractivity contribution is -0.136. The van der Waals surface area contributed by atoms with Gasteiger partial charge in [0.2, 0.25) is 0 Å². The number of nitrogens with zero attached hydrogens (tertiary/aromatic N) is 1. The maximum Gasteiger partial charge on any atom is 0.309 e. The summed E-state index contributed by atoms with van der Waals surface area (Å²) in [4.78, 5) is 15.0. The highest BCUT2D eigenvalue weighted by molar-refractivity contribution is 7.97. The third kappa shape index (κ3) is 3.34. The van der Waals surface area contributed by atoms with Crippen LogP contribution in [0.5, 0.6) is 0 Å². The normalized spacial score (nSPS) is 10.5. The average Bonchev–Trinajstić information content (AvgIpc) is 2.77. The highest BCUT2D eigenvalue weighted by atomic mass is 32.2. The second kappa shape index (κ2) is 6.02. The summed E-state index contributed by atoms with van der Waals surface area (Å²) in [6, 6.07) is 8.22. The molecule has 0 atom stereocenters. The minimum absolute atomic E-state index is 0.0129. The lowest BCUT2D eigenvalue weighted by atomic mass is 10.1. The Bertz CT molecular complexity index is 551. The Morgan fingerprint density at radius 1 is 1.50 bits per heavy atom. The highest BCUT2D eigenvalue weighted by Gasteiger charge is 2.08. The smallest absolute Gasteiger partial charge is 0.309 e. The van der Waals surface area contributed by atoms with Crippen molar-refractivity contribution in [1.82, 2.24) is 4.98 Å². The molecule has 0 aliphatic carbocycles.